The Kier molecular flexibility index (Phi) is 5.11. The maximum Gasteiger partial charge on any atom is 0.318 e. The van der Waals surface area contributed by atoms with Crippen molar-refractivity contribution < 1.29 is 9.90 Å². The van der Waals surface area contributed by atoms with Crippen LogP contribution in [-0.2, 0) is 0 Å². The van der Waals surface area contributed by atoms with Crippen molar-refractivity contribution >= 4 is 6.03 Å². The molecule has 2 N–H and O–H groups in total. The van der Waals surface area contributed by atoms with Crippen LogP contribution >= 0.6 is 0 Å². The van der Waals surface area contributed by atoms with E-state index in [1.807, 2.05) is 43.3 Å². The van der Waals surface area contributed by atoms with Crippen LogP contribution in [0, 0.1) is 12.8 Å². The Bertz CT molecular complexity index is 690. The van der Waals surface area contributed by atoms with E-state index in [4.69, 9.17) is 0 Å². The molecule has 1 saturated heterocycles. The number of aromatic nitrogens is 1. The third-order valence-electron chi connectivity index (χ3n) is 4.46. The Morgan fingerprint density at radius 2 is 2.25 bits per heavy atom. The zero-order chi connectivity index (χ0) is 16.9. The molecule has 0 saturated carbocycles. The third-order valence-corrected chi connectivity index (χ3v) is 4.46. The molecule has 0 radical (unpaired) electrons. The molecule has 2 amide bonds. The van der Waals surface area contributed by atoms with E-state index < -0.39 is 0 Å². The van der Waals surface area contributed by atoms with Gasteiger partial charge in [-0.1, -0.05) is 35.9 Å². The average Bonchev–Trinajstić information content (AvgIpc) is 3.09. The van der Waals surface area contributed by atoms with Crippen molar-refractivity contribution in [1.82, 2.24) is 15.2 Å². The number of likely N-dealkylation sites (tertiary alicyclic amines) is 1. The van der Waals surface area contributed by atoms with E-state index in [9.17, 15) is 9.90 Å². The van der Waals surface area contributed by atoms with Crippen LogP contribution in [0.3, 0.4) is 0 Å². The molecule has 5 nitrogen and oxygen atoms in total. The van der Waals surface area contributed by atoms with Gasteiger partial charge in [-0.3, -0.25) is 4.98 Å². The highest BCUT2D eigenvalue weighted by Crippen LogP contribution is 2.23. The number of hydrogen-bond donors (Lipinski definition) is 2. The summed E-state index contributed by atoms with van der Waals surface area (Å²) < 4.78 is 0. The van der Waals surface area contributed by atoms with Crippen LogP contribution in [0.25, 0.3) is 0 Å². The minimum absolute atomic E-state index is 0.108. The van der Waals surface area contributed by atoms with Gasteiger partial charge in [-0.25, -0.2) is 4.79 Å². The average molecular weight is 325 g/mol. The van der Waals surface area contributed by atoms with Gasteiger partial charge >= 0.3 is 6.03 Å². The molecule has 5 heteroatoms. The van der Waals surface area contributed by atoms with E-state index in [2.05, 4.69) is 16.4 Å². The number of hydrogen-bond acceptors (Lipinski definition) is 3. The molecule has 1 aromatic heterocycles. The lowest BCUT2D eigenvalue weighted by Crippen LogP contribution is -2.41. The minimum atomic E-state index is -0.285. The molecule has 2 aromatic rings. The van der Waals surface area contributed by atoms with Crippen molar-refractivity contribution in [2.24, 2.45) is 5.92 Å². The molecule has 3 rings (SSSR count). The fourth-order valence-electron chi connectivity index (χ4n) is 3.11. The summed E-state index contributed by atoms with van der Waals surface area (Å²) in [5.41, 5.74) is 2.97. The summed E-state index contributed by atoms with van der Waals surface area (Å²) in [6.07, 6.45) is 2.59. The number of carbonyl (C=O) groups is 1. The fourth-order valence-corrected chi connectivity index (χ4v) is 3.11. The number of rotatable bonds is 4. The molecule has 0 aliphatic carbocycles. The van der Waals surface area contributed by atoms with Gasteiger partial charge in [0.2, 0.25) is 0 Å². The molecular weight excluding hydrogens is 302 g/mol. The first-order valence-corrected chi connectivity index (χ1v) is 8.31. The van der Waals surface area contributed by atoms with Gasteiger partial charge in [0.25, 0.3) is 0 Å². The normalized spacial score (nSPS) is 18.4. The Balaban J connectivity index is 1.82. The van der Waals surface area contributed by atoms with Gasteiger partial charge in [-0.15, -0.1) is 0 Å². The summed E-state index contributed by atoms with van der Waals surface area (Å²) in [4.78, 5) is 18.8. The molecule has 24 heavy (non-hydrogen) atoms. The SMILES string of the molecule is Cc1cccc(C(NC(=O)N2CCC(CO)C2)c2ccccn2)c1. The van der Waals surface area contributed by atoms with E-state index in [1.165, 1.54) is 0 Å². The van der Waals surface area contributed by atoms with E-state index in [0.29, 0.717) is 13.1 Å². The minimum Gasteiger partial charge on any atom is -0.396 e. The quantitative estimate of drug-likeness (QED) is 0.908. The second kappa shape index (κ2) is 7.45. The smallest absolute Gasteiger partial charge is 0.318 e. The highest BCUT2D eigenvalue weighted by Gasteiger charge is 2.28. The molecule has 1 aliphatic rings. The number of urea groups is 1. The third kappa shape index (κ3) is 3.74. The van der Waals surface area contributed by atoms with Gasteiger partial charge in [-0.05, 0) is 31.0 Å². The summed E-state index contributed by atoms with van der Waals surface area (Å²) in [7, 11) is 0. The van der Waals surface area contributed by atoms with Gasteiger partial charge < -0.3 is 15.3 Å². The number of nitrogens with one attached hydrogen (secondary N) is 1. The van der Waals surface area contributed by atoms with Crippen LogP contribution < -0.4 is 5.32 Å². The Morgan fingerprint density at radius 3 is 2.92 bits per heavy atom. The largest absolute Gasteiger partial charge is 0.396 e. The first-order chi connectivity index (χ1) is 11.7. The number of pyridine rings is 1. The number of aliphatic hydroxyl groups excluding tert-OH is 1. The van der Waals surface area contributed by atoms with Gasteiger partial charge in [-0.2, -0.15) is 0 Å². The maximum atomic E-state index is 12.7. The number of aryl methyl sites for hydroxylation is 1. The number of benzene rings is 1. The molecule has 2 atom stereocenters. The highest BCUT2D eigenvalue weighted by atomic mass is 16.3. The topological polar surface area (TPSA) is 65.5 Å². The standard InChI is InChI=1S/C19H23N3O2/c1-14-5-4-6-16(11-14)18(17-7-2-3-9-20-17)21-19(24)22-10-8-15(12-22)13-23/h2-7,9,11,15,18,23H,8,10,12-13H2,1H3,(H,21,24). The summed E-state index contributed by atoms with van der Waals surface area (Å²) in [5, 5.41) is 12.4. The molecule has 2 heterocycles. The van der Waals surface area contributed by atoms with Crippen molar-refractivity contribution in [3.05, 3.63) is 65.5 Å². The van der Waals surface area contributed by atoms with Crippen molar-refractivity contribution in [1.29, 1.82) is 0 Å². The van der Waals surface area contributed by atoms with E-state index in [-0.39, 0.29) is 24.6 Å². The second-order valence-corrected chi connectivity index (χ2v) is 6.33. The number of amides is 2. The molecule has 1 fully saturated rings. The summed E-state index contributed by atoms with van der Waals surface area (Å²) in [6.45, 7) is 3.45. The van der Waals surface area contributed by atoms with Gasteiger partial charge in [0.05, 0.1) is 11.7 Å². The van der Waals surface area contributed by atoms with E-state index in [0.717, 1.165) is 23.2 Å². The van der Waals surface area contributed by atoms with Crippen LogP contribution in [0.2, 0.25) is 0 Å². The van der Waals surface area contributed by atoms with Crippen LogP contribution in [0.5, 0.6) is 0 Å². The van der Waals surface area contributed by atoms with Crippen molar-refractivity contribution in [3.8, 4) is 0 Å². The summed E-state index contributed by atoms with van der Waals surface area (Å²) >= 11 is 0. The van der Waals surface area contributed by atoms with Crippen LogP contribution in [0.4, 0.5) is 4.79 Å². The lowest BCUT2D eigenvalue weighted by molar-refractivity contribution is 0.196. The number of aliphatic hydroxyl groups is 1. The molecule has 0 bridgehead atoms. The van der Waals surface area contributed by atoms with E-state index >= 15 is 0 Å². The second-order valence-electron chi connectivity index (χ2n) is 6.33. The van der Waals surface area contributed by atoms with E-state index in [1.54, 1.807) is 11.1 Å². The van der Waals surface area contributed by atoms with Crippen LogP contribution in [0.15, 0.2) is 48.7 Å². The van der Waals surface area contributed by atoms with Crippen LogP contribution in [-0.4, -0.2) is 40.7 Å². The molecule has 126 valence electrons. The lowest BCUT2D eigenvalue weighted by Gasteiger charge is -2.24. The lowest BCUT2D eigenvalue weighted by atomic mass is 10.0. The number of carbonyl (C=O) groups excluding carboxylic acids is 1. The van der Waals surface area contributed by atoms with Gasteiger partial charge in [0.1, 0.15) is 0 Å². The van der Waals surface area contributed by atoms with Crippen molar-refractivity contribution in [2.75, 3.05) is 19.7 Å². The van der Waals surface area contributed by atoms with Crippen molar-refractivity contribution in [2.45, 2.75) is 19.4 Å². The predicted octanol–water partition coefficient (Wildman–Crippen LogP) is 2.50. The molecule has 2 unspecified atom stereocenters. The van der Waals surface area contributed by atoms with Gasteiger partial charge in [0.15, 0.2) is 0 Å². The summed E-state index contributed by atoms with van der Waals surface area (Å²) in [5.74, 6) is 0.183. The molecule has 1 aliphatic heterocycles. The molecule has 1 aromatic carbocycles. The maximum absolute atomic E-state index is 12.7. The predicted molar refractivity (Wildman–Crippen MR) is 92.6 cm³/mol. The first kappa shape index (κ1) is 16.5. The fraction of sp³-hybridized carbons (Fsp3) is 0.368. The Morgan fingerprint density at radius 1 is 1.38 bits per heavy atom. The zero-order valence-electron chi connectivity index (χ0n) is 13.9. The Hall–Kier alpha value is -2.40. The first-order valence-electron chi connectivity index (χ1n) is 8.31. The molecule has 0 spiro atoms. The van der Waals surface area contributed by atoms with Gasteiger partial charge in [0, 0.05) is 31.8 Å². The zero-order valence-corrected chi connectivity index (χ0v) is 13.9. The molecular formula is C19H23N3O2. The monoisotopic (exact) mass is 325 g/mol. The number of nitrogens with zero attached hydrogens (tertiary/aromatic N) is 2. The van der Waals surface area contributed by atoms with Crippen LogP contribution in [0.1, 0.15) is 29.3 Å². The Labute approximate surface area is 142 Å². The highest BCUT2D eigenvalue weighted by molar-refractivity contribution is 5.75. The summed E-state index contributed by atoms with van der Waals surface area (Å²) in [6, 6.07) is 13.4. The van der Waals surface area contributed by atoms with Crippen molar-refractivity contribution in [3.63, 3.8) is 0 Å².